The van der Waals surface area contributed by atoms with Crippen molar-refractivity contribution in [3.8, 4) is 0 Å². The molecule has 1 atom stereocenters. The van der Waals surface area contributed by atoms with Gasteiger partial charge in [-0.2, -0.15) is 0 Å². The summed E-state index contributed by atoms with van der Waals surface area (Å²) in [5.74, 6) is -0.462. The van der Waals surface area contributed by atoms with Crippen LogP contribution in [0.15, 0.2) is 24.3 Å². The van der Waals surface area contributed by atoms with Gasteiger partial charge < -0.3 is 16.4 Å². The van der Waals surface area contributed by atoms with Crippen molar-refractivity contribution in [2.24, 2.45) is 11.5 Å². The van der Waals surface area contributed by atoms with Crippen molar-refractivity contribution in [2.45, 2.75) is 19.5 Å². The van der Waals surface area contributed by atoms with Crippen LogP contribution in [0.1, 0.15) is 11.1 Å². The van der Waals surface area contributed by atoms with Gasteiger partial charge in [0.2, 0.25) is 5.91 Å². The molecule has 88 valence electrons. The fourth-order valence-corrected chi connectivity index (χ4v) is 1.61. The van der Waals surface area contributed by atoms with E-state index in [4.69, 9.17) is 11.5 Å². The Morgan fingerprint density at radius 1 is 1.50 bits per heavy atom. The molecule has 4 heteroatoms. The van der Waals surface area contributed by atoms with Crippen LogP contribution in [0.2, 0.25) is 0 Å². The zero-order chi connectivity index (χ0) is 12.1. The molecule has 0 aromatic heterocycles. The molecule has 4 N–H and O–H groups in total. The third kappa shape index (κ3) is 4.00. The van der Waals surface area contributed by atoms with Gasteiger partial charge in [0.25, 0.3) is 0 Å². The molecular weight excluding hydrogens is 202 g/mol. The molecule has 0 saturated carbocycles. The number of amides is 1. The van der Waals surface area contributed by atoms with Crippen LogP contribution in [0.25, 0.3) is 0 Å². The molecule has 1 aromatic carbocycles. The zero-order valence-electron chi connectivity index (χ0n) is 9.81. The van der Waals surface area contributed by atoms with Crippen molar-refractivity contribution in [1.82, 2.24) is 4.90 Å². The Morgan fingerprint density at radius 3 is 2.75 bits per heavy atom. The van der Waals surface area contributed by atoms with Gasteiger partial charge >= 0.3 is 0 Å². The van der Waals surface area contributed by atoms with Gasteiger partial charge in [0.05, 0.1) is 6.04 Å². The molecule has 0 fully saturated rings. The minimum Gasteiger partial charge on any atom is -0.368 e. The average molecular weight is 221 g/mol. The van der Waals surface area contributed by atoms with Crippen LogP contribution < -0.4 is 11.5 Å². The van der Waals surface area contributed by atoms with Crippen LogP contribution >= 0.6 is 0 Å². The molecule has 0 aliphatic rings. The second-order valence-corrected chi connectivity index (χ2v) is 4.19. The quantitative estimate of drug-likeness (QED) is 0.748. The molecule has 1 amide bonds. The fraction of sp³-hybridized carbons (Fsp3) is 0.417. The van der Waals surface area contributed by atoms with Crippen molar-refractivity contribution in [2.75, 3.05) is 13.6 Å². The Morgan fingerprint density at radius 2 is 2.19 bits per heavy atom. The second kappa shape index (κ2) is 5.63. The van der Waals surface area contributed by atoms with Crippen LogP contribution in [0.4, 0.5) is 0 Å². The standard InChI is InChI=1S/C12H19N3O/c1-9-4-3-5-10(6-9)7-15(2)8-11(13)12(14)16/h3-6,11H,7-8,13H2,1-2H3,(H2,14,16). The highest BCUT2D eigenvalue weighted by Crippen LogP contribution is 2.06. The number of carbonyl (C=O) groups excluding carboxylic acids is 1. The molecule has 0 heterocycles. The van der Waals surface area contributed by atoms with Crippen LogP contribution in [-0.4, -0.2) is 30.4 Å². The molecule has 0 radical (unpaired) electrons. The summed E-state index contributed by atoms with van der Waals surface area (Å²) in [5, 5.41) is 0. The summed E-state index contributed by atoms with van der Waals surface area (Å²) in [6, 6.07) is 7.64. The number of nitrogens with zero attached hydrogens (tertiary/aromatic N) is 1. The molecule has 0 aliphatic heterocycles. The number of nitrogens with two attached hydrogens (primary N) is 2. The van der Waals surface area contributed by atoms with E-state index in [0.717, 1.165) is 6.54 Å². The topological polar surface area (TPSA) is 72.3 Å². The number of carbonyl (C=O) groups is 1. The number of primary amides is 1. The fourth-order valence-electron chi connectivity index (χ4n) is 1.61. The Hall–Kier alpha value is -1.39. The monoisotopic (exact) mass is 221 g/mol. The SMILES string of the molecule is Cc1cccc(CN(C)CC(N)C(N)=O)c1. The Kier molecular flexibility index (Phi) is 4.46. The number of hydrogen-bond donors (Lipinski definition) is 2. The first kappa shape index (κ1) is 12.7. The van der Waals surface area contributed by atoms with Gasteiger partial charge in [-0.15, -0.1) is 0 Å². The number of benzene rings is 1. The van der Waals surface area contributed by atoms with Crippen molar-refractivity contribution < 1.29 is 4.79 Å². The van der Waals surface area contributed by atoms with E-state index < -0.39 is 11.9 Å². The summed E-state index contributed by atoms with van der Waals surface area (Å²) in [5.41, 5.74) is 13.1. The molecule has 0 spiro atoms. The third-order valence-corrected chi connectivity index (χ3v) is 2.41. The molecule has 1 rings (SSSR count). The van der Waals surface area contributed by atoms with Crippen LogP contribution in [0.3, 0.4) is 0 Å². The van der Waals surface area contributed by atoms with Crippen LogP contribution in [0.5, 0.6) is 0 Å². The molecule has 0 bridgehead atoms. The van der Waals surface area contributed by atoms with Gasteiger partial charge in [0.1, 0.15) is 0 Å². The predicted octanol–water partition coefficient (Wildman–Crippen LogP) is 0.239. The van der Waals surface area contributed by atoms with Gasteiger partial charge in [-0.1, -0.05) is 29.8 Å². The van der Waals surface area contributed by atoms with Gasteiger partial charge in [0.15, 0.2) is 0 Å². The lowest BCUT2D eigenvalue weighted by atomic mass is 10.1. The first-order chi connectivity index (χ1) is 7.49. The van der Waals surface area contributed by atoms with Gasteiger partial charge in [-0.05, 0) is 19.5 Å². The summed E-state index contributed by atoms with van der Waals surface area (Å²) >= 11 is 0. The van der Waals surface area contributed by atoms with E-state index in [1.165, 1.54) is 11.1 Å². The third-order valence-electron chi connectivity index (χ3n) is 2.41. The van der Waals surface area contributed by atoms with E-state index >= 15 is 0 Å². The van der Waals surface area contributed by atoms with Gasteiger partial charge in [0, 0.05) is 13.1 Å². The maximum atomic E-state index is 10.8. The largest absolute Gasteiger partial charge is 0.368 e. The van der Waals surface area contributed by atoms with Crippen molar-refractivity contribution in [3.05, 3.63) is 35.4 Å². The Labute approximate surface area is 96.2 Å². The first-order valence-corrected chi connectivity index (χ1v) is 5.28. The van der Waals surface area contributed by atoms with Crippen LogP contribution in [0, 0.1) is 6.92 Å². The summed E-state index contributed by atoms with van der Waals surface area (Å²) < 4.78 is 0. The van der Waals surface area contributed by atoms with E-state index in [9.17, 15) is 4.79 Å². The maximum absolute atomic E-state index is 10.8. The summed E-state index contributed by atoms with van der Waals surface area (Å²) in [7, 11) is 1.92. The van der Waals surface area contributed by atoms with E-state index in [1.807, 2.05) is 18.0 Å². The zero-order valence-corrected chi connectivity index (χ0v) is 9.81. The molecule has 0 saturated heterocycles. The molecule has 16 heavy (non-hydrogen) atoms. The summed E-state index contributed by atoms with van der Waals surface area (Å²) in [6.07, 6.45) is 0. The summed E-state index contributed by atoms with van der Waals surface area (Å²) in [4.78, 5) is 12.8. The number of hydrogen-bond acceptors (Lipinski definition) is 3. The molecule has 0 aliphatic carbocycles. The highest BCUT2D eigenvalue weighted by molar-refractivity contribution is 5.79. The lowest BCUT2D eigenvalue weighted by Crippen LogP contribution is -2.44. The lowest BCUT2D eigenvalue weighted by Gasteiger charge is -2.19. The minimum absolute atomic E-state index is 0.462. The normalized spacial score (nSPS) is 12.8. The Bertz CT molecular complexity index is 365. The van der Waals surface area contributed by atoms with Crippen LogP contribution in [-0.2, 0) is 11.3 Å². The number of rotatable bonds is 5. The van der Waals surface area contributed by atoms with E-state index in [1.54, 1.807) is 0 Å². The highest BCUT2D eigenvalue weighted by Gasteiger charge is 2.12. The summed E-state index contributed by atoms with van der Waals surface area (Å²) in [6.45, 7) is 3.30. The van der Waals surface area contributed by atoms with Crippen molar-refractivity contribution in [3.63, 3.8) is 0 Å². The average Bonchev–Trinajstić information content (AvgIpc) is 2.16. The molecule has 4 nitrogen and oxygen atoms in total. The van der Waals surface area contributed by atoms with Gasteiger partial charge in [-0.3, -0.25) is 4.79 Å². The van der Waals surface area contributed by atoms with E-state index in [2.05, 4.69) is 25.1 Å². The number of aryl methyl sites for hydroxylation is 1. The highest BCUT2D eigenvalue weighted by atomic mass is 16.1. The van der Waals surface area contributed by atoms with Crippen molar-refractivity contribution >= 4 is 5.91 Å². The molecular formula is C12H19N3O. The number of likely N-dealkylation sites (N-methyl/N-ethyl adjacent to an activating group) is 1. The second-order valence-electron chi connectivity index (χ2n) is 4.19. The van der Waals surface area contributed by atoms with E-state index in [-0.39, 0.29) is 0 Å². The molecule has 1 aromatic rings. The Balaban J connectivity index is 2.51. The maximum Gasteiger partial charge on any atom is 0.235 e. The van der Waals surface area contributed by atoms with Gasteiger partial charge in [-0.25, -0.2) is 0 Å². The smallest absolute Gasteiger partial charge is 0.235 e. The lowest BCUT2D eigenvalue weighted by molar-refractivity contribution is -0.119. The van der Waals surface area contributed by atoms with E-state index in [0.29, 0.717) is 6.54 Å². The van der Waals surface area contributed by atoms with Crippen molar-refractivity contribution in [1.29, 1.82) is 0 Å². The minimum atomic E-state index is -0.602. The molecule has 1 unspecified atom stereocenters. The predicted molar refractivity (Wildman–Crippen MR) is 64.7 cm³/mol. The first-order valence-electron chi connectivity index (χ1n) is 5.28.